The van der Waals surface area contributed by atoms with Crippen molar-refractivity contribution in [3.8, 4) is 0 Å². The van der Waals surface area contributed by atoms with E-state index in [2.05, 4.69) is 0 Å². The number of benzene rings is 1. The second kappa shape index (κ2) is 4.66. The van der Waals surface area contributed by atoms with Crippen LogP contribution in [0, 0.1) is 0 Å². The highest BCUT2D eigenvalue weighted by molar-refractivity contribution is 5.24. The molecule has 0 aliphatic heterocycles. The molecule has 0 radical (unpaired) electrons. The zero-order valence-electron chi connectivity index (χ0n) is 8.38. The highest BCUT2D eigenvalue weighted by atomic mass is 19.4. The van der Waals surface area contributed by atoms with E-state index in [-0.39, 0.29) is 0 Å². The van der Waals surface area contributed by atoms with E-state index in [1.165, 1.54) is 12.1 Å². The number of hydrogen-bond acceptors (Lipinski definition) is 1. The van der Waals surface area contributed by atoms with E-state index >= 15 is 0 Å². The van der Waals surface area contributed by atoms with Gasteiger partial charge in [0.05, 0.1) is 11.7 Å². The predicted molar refractivity (Wildman–Crippen MR) is 51.4 cm³/mol. The van der Waals surface area contributed by atoms with Crippen LogP contribution in [0.1, 0.15) is 24.5 Å². The summed E-state index contributed by atoms with van der Waals surface area (Å²) in [6, 6.07) is 5.03. The SMILES string of the molecule is CC(O)CCc1ccc(C(F)(F)F)cc1. The Bertz CT molecular complexity index is 301. The van der Waals surface area contributed by atoms with Crippen molar-refractivity contribution in [2.75, 3.05) is 0 Å². The summed E-state index contributed by atoms with van der Waals surface area (Å²) in [6.45, 7) is 1.66. The van der Waals surface area contributed by atoms with Gasteiger partial charge in [0.15, 0.2) is 0 Å². The Balaban J connectivity index is 2.65. The molecule has 1 aromatic rings. The van der Waals surface area contributed by atoms with Gasteiger partial charge in [-0.2, -0.15) is 13.2 Å². The number of hydrogen-bond donors (Lipinski definition) is 1. The standard InChI is InChI=1S/C11H13F3O/c1-8(15)2-3-9-4-6-10(7-5-9)11(12,13)14/h4-8,15H,2-3H2,1H3. The average molecular weight is 218 g/mol. The molecule has 1 rings (SSSR count). The molecule has 1 unspecified atom stereocenters. The molecule has 84 valence electrons. The minimum Gasteiger partial charge on any atom is -0.393 e. The van der Waals surface area contributed by atoms with Crippen LogP contribution >= 0.6 is 0 Å². The van der Waals surface area contributed by atoms with Gasteiger partial charge in [-0.25, -0.2) is 0 Å². The Kier molecular flexibility index (Phi) is 3.74. The van der Waals surface area contributed by atoms with Crippen molar-refractivity contribution >= 4 is 0 Å². The molecule has 0 heterocycles. The van der Waals surface area contributed by atoms with Crippen LogP contribution in [0.5, 0.6) is 0 Å². The Morgan fingerprint density at radius 2 is 1.73 bits per heavy atom. The van der Waals surface area contributed by atoms with Crippen LogP contribution in [0.25, 0.3) is 0 Å². The van der Waals surface area contributed by atoms with Crippen LogP contribution in [0.3, 0.4) is 0 Å². The highest BCUT2D eigenvalue weighted by Gasteiger charge is 2.29. The fourth-order valence-corrected chi connectivity index (χ4v) is 1.24. The maximum Gasteiger partial charge on any atom is 0.416 e. The third kappa shape index (κ3) is 3.91. The van der Waals surface area contributed by atoms with Gasteiger partial charge in [-0.15, -0.1) is 0 Å². The first kappa shape index (κ1) is 12.0. The zero-order chi connectivity index (χ0) is 11.5. The maximum atomic E-state index is 12.2. The zero-order valence-corrected chi connectivity index (χ0v) is 8.38. The molecule has 4 heteroatoms. The molecule has 0 aliphatic rings. The molecule has 1 aromatic carbocycles. The summed E-state index contributed by atoms with van der Waals surface area (Å²) >= 11 is 0. The second-order valence-electron chi connectivity index (χ2n) is 3.58. The number of alkyl halides is 3. The number of aryl methyl sites for hydroxylation is 1. The molecule has 0 saturated heterocycles. The van der Waals surface area contributed by atoms with Crippen molar-refractivity contribution < 1.29 is 18.3 Å². The van der Waals surface area contributed by atoms with E-state index in [1.807, 2.05) is 0 Å². The summed E-state index contributed by atoms with van der Waals surface area (Å²) in [5.41, 5.74) is 0.173. The Morgan fingerprint density at radius 1 is 1.20 bits per heavy atom. The van der Waals surface area contributed by atoms with Gasteiger partial charge in [0.25, 0.3) is 0 Å². The molecular formula is C11H13F3O. The highest BCUT2D eigenvalue weighted by Crippen LogP contribution is 2.29. The Hall–Kier alpha value is -1.03. The van der Waals surface area contributed by atoms with Gasteiger partial charge >= 0.3 is 6.18 Å². The summed E-state index contributed by atoms with van der Waals surface area (Å²) < 4.78 is 36.6. The molecule has 0 bridgehead atoms. The van der Waals surface area contributed by atoms with Gasteiger partial charge in [-0.05, 0) is 37.5 Å². The smallest absolute Gasteiger partial charge is 0.393 e. The number of aliphatic hydroxyl groups excluding tert-OH is 1. The Labute approximate surface area is 86.5 Å². The lowest BCUT2D eigenvalue weighted by atomic mass is 10.1. The second-order valence-corrected chi connectivity index (χ2v) is 3.58. The fourth-order valence-electron chi connectivity index (χ4n) is 1.24. The van der Waals surface area contributed by atoms with Gasteiger partial charge in [0.2, 0.25) is 0 Å². The van der Waals surface area contributed by atoms with Crippen LogP contribution in [0.15, 0.2) is 24.3 Å². The largest absolute Gasteiger partial charge is 0.416 e. The van der Waals surface area contributed by atoms with Gasteiger partial charge in [0, 0.05) is 0 Å². The third-order valence-electron chi connectivity index (χ3n) is 2.13. The summed E-state index contributed by atoms with van der Waals surface area (Å²) in [5.74, 6) is 0. The van der Waals surface area contributed by atoms with E-state index < -0.39 is 17.8 Å². The van der Waals surface area contributed by atoms with E-state index in [0.717, 1.165) is 17.7 Å². The van der Waals surface area contributed by atoms with Gasteiger partial charge in [-0.3, -0.25) is 0 Å². The molecule has 0 fully saturated rings. The van der Waals surface area contributed by atoms with Crippen LogP contribution in [0.4, 0.5) is 13.2 Å². The van der Waals surface area contributed by atoms with Gasteiger partial charge < -0.3 is 5.11 Å². The number of aliphatic hydroxyl groups is 1. The van der Waals surface area contributed by atoms with Gasteiger partial charge in [-0.1, -0.05) is 12.1 Å². The molecule has 15 heavy (non-hydrogen) atoms. The van der Waals surface area contributed by atoms with Crippen molar-refractivity contribution in [1.82, 2.24) is 0 Å². The molecule has 1 atom stereocenters. The minimum absolute atomic E-state index is 0.424. The molecule has 0 aliphatic carbocycles. The van der Waals surface area contributed by atoms with E-state index in [1.54, 1.807) is 6.92 Å². The van der Waals surface area contributed by atoms with Crippen LogP contribution in [-0.2, 0) is 12.6 Å². The molecule has 0 saturated carbocycles. The first-order valence-electron chi connectivity index (χ1n) is 4.74. The van der Waals surface area contributed by atoms with Crippen molar-refractivity contribution in [2.24, 2.45) is 0 Å². The topological polar surface area (TPSA) is 20.2 Å². The lowest BCUT2D eigenvalue weighted by Crippen LogP contribution is -2.05. The monoisotopic (exact) mass is 218 g/mol. The quantitative estimate of drug-likeness (QED) is 0.826. The summed E-state index contributed by atoms with van der Waals surface area (Å²) in [4.78, 5) is 0. The van der Waals surface area contributed by atoms with Crippen LogP contribution in [0.2, 0.25) is 0 Å². The molecular weight excluding hydrogens is 205 g/mol. The molecule has 0 spiro atoms. The lowest BCUT2D eigenvalue weighted by molar-refractivity contribution is -0.137. The van der Waals surface area contributed by atoms with E-state index in [4.69, 9.17) is 5.11 Å². The first-order chi connectivity index (χ1) is 6.89. The van der Waals surface area contributed by atoms with Crippen LogP contribution < -0.4 is 0 Å². The normalized spacial score (nSPS) is 13.9. The van der Waals surface area contributed by atoms with Crippen molar-refractivity contribution in [2.45, 2.75) is 32.0 Å². The maximum absolute atomic E-state index is 12.2. The summed E-state index contributed by atoms with van der Waals surface area (Å²) in [5, 5.41) is 9.02. The first-order valence-corrected chi connectivity index (χ1v) is 4.74. The summed E-state index contributed by atoms with van der Waals surface area (Å²) in [6.07, 6.45) is -3.54. The average Bonchev–Trinajstić information content (AvgIpc) is 2.14. The molecule has 1 nitrogen and oxygen atoms in total. The van der Waals surface area contributed by atoms with Gasteiger partial charge in [0.1, 0.15) is 0 Å². The third-order valence-corrected chi connectivity index (χ3v) is 2.13. The number of halogens is 3. The van der Waals surface area contributed by atoms with E-state index in [9.17, 15) is 13.2 Å². The molecule has 0 amide bonds. The summed E-state index contributed by atoms with van der Waals surface area (Å²) in [7, 11) is 0. The predicted octanol–water partition coefficient (Wildman–Crippen LogP) is 3.02. The molecule has 1 N–H and O–H groups in total. The fraction of sp³-hybridized carbons (Fsp3) is 0.455. The Morgan fingerprint density at radius 3 is 2.13 bits per heavy atom. The lowest BCUT2D eigenvalue weighted by Gasteiger charge is -2.08. The molecule has 0 aromatic heterocycles. The van der Waals surface area contributed by atoms with Crippen molar-refractivity contribution in [3.05, 3.63) is 35.4 Å². The van der Waals surface area contributed by atoms with E-state index in [0.29, 0.717) is 12.8 Å². The van der Waals surface area contributed by atoms with Crippen molar-refractivity contribution in [3.63, 3.8) is 0 Å². The number of rotatable bonds is 3. The van der Waals surface area contributed by atoms with Crippen LogP contribution in [-0.4, -0.2) is 11.2 Å². The van der Waals surface area contributed by atoms with Crippen molar-refractivity contribution in [1.29, 1.82) is 0 Å². The minimum atomic E-state index is -4.27.